The van der Waals surface area contributed by atoms with Crippen molar-refractivity contribution in [2.75, 3.05) is 19.8 Å². The Kier molecular flexibility index (Phi) is 11.7. The van der Waals surface area contributed by atoms with Crippen LogP contribution in [0.25, 0.3) is 0 Å². The third-order valence-electron chi connectivity index (χ3n) is 5.09. The molecule has 0 aromatic heterocycles. The lowest BCUT2D eigenvalue weighted by Gasteiger charge is -2.27. The van der Waals surface area contributed by atoms with E-state index in [4.69, 9.17) is 13.8 Å². The van der Waals surface area contributed by atoms with Gasteiger partial charge in [0, 0.05) is 6.42 Å². The quantitative estimate of drug-likeness (QED) is 0.361. The van der Waals surface area contributed by atoms with E-state index in [2.05, 4.69) is 5.32 Å². The van der Waals surface area contributed by atoms with Crippen molar-refractivity contribution < 1.29 is 23.1 Å². The number of carbonyl (C=O) groups excluding carboxylic acids is 1. The predicted molar refractivity (Wildman–Crippen MR) is 128 cm³/mol. The summed E-state index contributed by atoms with van der Waals surface area (Å²) in [5.74, 6) is -0.180. The van der Waals surface area contributed by atoms with Gasteiger partial charge in [0.25, 0.3) is 0 Å². The Morgan fingerprint density at radius 1 is 0.906 bits per heavy atom. The Morgan fingerprint density at radius 2 is 1.47 bits per heavy atom. The van der Waals surface area contributed by atoms with Crippen LogP contribution in [0.2, 0.25) is 0 Å². The smallest absolute Gasteiger partial charge is 0.334 e. The second-order valence-electron chi connectivity index (χ2n) is 7.60. The van der Waals surface area contributed by atoms with E-state index >= 15 is 0 Å². The standard InChI is InChI=1S/C25H36NO5P/c1-4-23(20-29-19-22-15-11-8-12-16-22)26-25(27)18-24(17-21-13-9-7-10-14-21)32(28,30-5-2)31-6-3/h7-16,23-24H,4-6,17-20H2,1-3H3,(H,26,27). The second kappa shape index (κ2) is 14.2. The van der Waals surface area contributed by atoms with E-state index in [0.717, 1.165) is 17.5 Å². The molecule has 7 heteroatoms. The van der Waals surface area contributed by atoms with Crippen molar-refractivity contribution in [3.05, 3.63) is 71.8 Å². The van der Waals surface area contributed by atoms with E-state index in [1.54, 1.807) is 13.8 Å². The Hall–Kier alpha value is -1.98. The highest BCUT2D eigenvalue weighted by Crippen LogP contribution is 2.55. The number of amides is 1. The third-order valence-corrected chi connectivity index (χ3v) is 7.58. The molecule has 0 aliphatic heterocycles. The fourth-order valence-electron chi connectivity index (χ4n) is 3.45. The molecule has 32 heavy (non-hydrogen) atoms. The summed E-state index contributed by atoms with van der Waals surface area (Å²) < 4.78 is 30.4. The summed E-state index contributed by atoms with van der Waals surface area (Å²) in [5.41, 5.74) is 1.52. The normalized spacial score (nSPS) is 13.5. The van der Waals surface area contributed by atoms with Crippen LogP contribution in [0.15, 0.2) is 60.7 Å². The first-order chi connectivity index (χ1) is 15.5. The first kappa shape index (κ1) is 26.3. The van der Waals surface area contributed by atoms with Gasteiger partial charge in [-0.1, -0.05) is 67.6 Å². The Morgan fingerprint density at radius 3 is 2.00 bits per heavy atom. The first-order valence-electron chi connectivity index (χ1n) is 11.3. The summed E-state index contributed by atoms with van der Waals surface area (Å²) >= 11 is 0. The monoisotopic (exact) mass is 461 g/mol. The molecule has 0 aliphatic carbocycles. The molecule has 0 fully saturated rings. The highest BCUT2D eigenvalue weighted by atomic mass is 31.2. The molecule has 0 heterocycles. The van der Waals surface area contributed by atoms with Crippen LogP contribution in [-0.2, 0) is 36.2 Å². The molecular weight excluding hydrogens is 425 g/mol. The molecule has 2 atom stereocenters. The fraction of sp³-hybridized carbons (Fsp3) is 0.480. The fourth-order valence-corrected chi connectivity index (χ4v) is 5.49. The maximum atomic E-state index is 13.5. The SMILES string of the molecule is CCOP(=O)(OCC)C(CC(=O)NC(CC)COCc1ccccc1)Cc1ccccc1. The average molecular weight is 462 g/mol. The summed E-state index contributed by atoms with van der Waals surface area (Å²) in [5, 5.41) is 3.03. The molecule has 0 bridgehead atoms. The zero-order valence-corrected chi connectivity index (χ0v) is 20.3. The number of carbonyl (C=O) groups is 1. The lowest BCUT2D eigenvalue weighted by atomic mass is 10.1. The van der Waals surface area contributed by atoms with Gasteiger partial charge in [-0.05, 0) is 37.8 Å². The van der Waals surface area contributed by atoms with Crippen molar-refractivity contribution in [1.82, 2.24) is 5.32 Å². The molecule has 0 saturated heterocycles. The molecule has 176 valence electrons. The number of nitrogens with one attached hydrogen (secondary N) is 1. The van der Waals surface area contributed by atoms with Crippen molar-refractivity contribution in [2.24, 2.45) is 0 Å². The Bertz CT molecular complexity index is 821. The minimum atomic E-state index is -3.45. The molecule has 2 rings (SSSR count). The number of hydrogen-bond acceptors (Lipinski definition) is 5. The molecule has 1 N–H and O–H groups in total. The van der Waals surface area contributed by atoms with Crippen molar-refractivity contribution in [3.8, 4) is 0 Å². The Balaban J connectivity index is 2.00. The summed E-state index contributed by atoms with van der Waals surface area (Å²) in [4.78, 5) is 12.9. The topological polar surface area (TPSA) is 73.9 Å². The van der Waals surface area contributed by atoms with Crippen molar-refractivity contribution in [1.29, 1.82) is 0 Å². The predicted octanol–water partition coefficient (Wildman–Crippen LogP) is 5.37. The molecule has 0 radical (unpaired) electrons. The Labute approximate surface area is 192 Å². The third kappa shape index (κ3) is 8.87. The molecular formula is C25H36NO5P. The lowest BCUT2D eigenvalue weighted by Crippen LogP contribution is -2.39. The van der Waals surface area contributed by atoms with Crippen LogP contribution in [0.3, 0.4) is 0 Å². The van der Waals surface area contributed by atoms with Crippen LogP contribution >= 0.6 is 7.60 Å². The largest absolute Gasteiger partial charge is 0.375 e. The van der Waals surface area contributed by atoms with Crippen molar-refractivity contribution in [3.63, 3.8) is 0 Å². The van der Waals surface area contributed by atoms with E-state index in [1.807, 2.05) is 67.6 Å². The van der Waals surface area contributed by atoms with Crippen LogP contribution in [0.4, 0.5) is 0 Å². The molecule has 0 spiro atoms. The summed E-state index contributed by atoms with van der Waals surface area (Å²) in [7, 11) is -3.45. The molecule has 0 aliphatic rings. The zero-order chi connectivity index (χ0) is 23.2. The van der Waals surface area contributed by atoms with Crippen LogP contribution < -0.4 is 5.32 Å². The molecule has 2 aromatic rings. The van der Waals surface area contributed by atoms with Gasteiger partial charge >= 0.3 is 7.60 Å². The number of benzene rings is 2. The van der Waals surface area contributed by atoms with Gasteiger partial charge in [0.1, 0.15) is 0 Å². The van der Waals surface area contributed by atoms with Crippen LogP contribution in [0.1, 0.15) is 44.7 Å². The van der Waals surface area contributed by atoms with Crippen LogP contribution in [-0.4, -0.2) is 37.4 Å². The molecule has 0 saturated carbocycles. The van der Waals surface area contributed by atoms with Crippen molar-refractivity contribution in [2.45, 2.75) is 58.3 Å². The minimum absolute atomic E-state index is 0.0569. The maximum absolute atomic E-state index is 13.5. The van der Waals surface area contributed by atoms with E-state index in [-0.39, 0.29) is 31.6 Å². The molecule has 6 nitrogen and oxygen atoms in total. The van der Waals surface area contributed by atoms with Gasteiger partial charge in [0.05, 0.1) is 38.1 Å². The second-order valence-corrected chi connectivity index (χ2v) is 9.92. The van der Waals surface area contributed by atoms with Crippen LogP contribution in [0, 0.1) is 0 Å². The van der Waals surface area contributed by atoms with Gasteiger partial charge < -0.3 is 19.1 Å². The number of rotatable bonds is 15. The summed E-state index contributed by atoms with van der Waals surface area (Å²) in [6.07, 6.45) is 1.23. The maximum Gasteiger partial charge on any atom is 0.334 e. The van der Waals surface area contributed by atoms with Crippen molar-refractivity contribution >= 4 is 13.5 Å². The van der Waals surface area contributed by atoms with Gasteiger partial charge in [-0.25, -0.2) is 0 Å². The van der Waals surface area contributed by atoms with E-state index in [9.17, 15) is 9.36 Å². The number of hydrogen-bond donors (Lipinski definition) is 1. The highest BCUT2D eigenvalue weighted by molar-refractivity contribution is 7.54. The zero-order valence-electron chi connectivity index (χ0n) is 19.4. The average Bonchev–Trinajstić information content (AvgIpc) is 2.79. The lowest BCUT2D eigenvalue weighted by molar-refractivity contribution is -0.122. The molecule has 2 aromatic carbocycles. The molecule has 1 amide bonds. The number of ether oxygens (including phenoxy) is 1. The molecule has 2 unspecified atom stereocenters. The van der Waals surface area contributed by atoms with Gasteiger partial charge in [-0.2, -0.15) is 0 Å². The van der Waals surface area contributed by atoms with Gasteiger partial charge in [-0.3, -0.25) is 9.36 Å². The van der Waals surface area contributed by atoms with E-state index < -0.39 is 13.3 Å². The summed E-state index contributed by atoms with van der Waals surface area (Å²) in [6.45, 7) is 6.99. The van der Waals surface area contributed by atoms with Gasteiger partial charge in [0.15, 0.2) is 0 Å². The van der Waals surface area contributed by atoms with Gasteiger partial charge in [0.2, 0.25) is 5.91 Å². The first-order valence-corrected chi connectivity index (χ1v) is 13.0. The van der Waals surface area contributed by atoms with Crippen LogP contribution in [0.5, 0.6) is 0 Å². The van der Waals surface area contributed by atoms with E-state index in [1.165, 1.54) is 0 Å². The minimum Gasteiger partial charge on any atom is -0.375 e. The van der Waals surface area contributed by atoms with Gasteiger partial charge in [-0.15, -0.1) is 0 Å². The van der Waals surface area contributed by atoms with E-state index in [0.29, 0.717) is 19.6 Å². The summed E-state index contributed by atoms with van der Waals surface area (Å²) in [6, 6.07) is 19.5. The highest BCUT2D eigenvalue weighted by Gasteiger charge is 2.37.